The van der Waals surface area contributed by atoms with E-state index < -0.39 is 23.2 Å². The van der Waals surface area contributed by atoms with Crippen LogP contribution >= 0.6 is 0 Å². The van der Waals surface area contributed by atoms with Gasteiger partial charge in [0.1, 0.15) is 17.4 Å². The van der Waals surface area contributed by atoms with Gasteiger partial charge in [-0.15, -0.1) is 0 Å². The van der Waals surface area contributed by atoms with Crippen LogP contribution < -0.4 is 10.7 Å². The minimum atomic E-state index is -4.66. The third-order valence-electron chi connectivity index (χ3n) is 5.36. The molecule has 8 heteroatoms. The summed E-state index contributed by atoms with van der Waals surface area (Å²) in [5.74, 6) is 0.292. The highest BCUT2D eigenvalue weighted by Crippen LogP contribution is 2.37. The first-order valence-corrected chi connectivity index (χ1v) is 10.1. The van der Waals surface area contributed by atoms with Crippen molar-refractivity contribution in [3.63, 3.8) is 0 Å². The van der Waals surface area contributed by atoms with Gasteiger partial charge in [-0.3, -0.25) is 4.79 Å². The minimum Gasteiger partial charge on any atom is -0.455 e. The molecule has 4 rings (SSSR count). The third-order valence-corrected chi connectivity index (χ3v) is 5.36. The number of nitriles is 1. The molecule has 0 aliphatic rings. The van der Waals surface area contributed by atoms with Crippen LogP contribution in [0, 0.1) is 18.3 Å². The molecule has 0 radical (unpaired) electrons. The summed E-state index contributed by atoms with van der Waals surface area (Å²) in [6.07, 6.45) is -3.21. The highest BCUT2D eigenvalue weighted by molar-refractivity contribution is 5.85. The van der Waals surface area contributed by atoms with E-state index >= 15 is 0 Å². The smallest absolute Gasteiger partial charge is 0.416 e. The molecule has 4 aromatic rings. The number of alkyl halides is 3. The van der Waals surface area contributed by atoms with Gasteiger partial charge >= 0.3 is 6.18 Å². The number of pyridine rings is 1. The molecule has 0 amide bonds. The summed E-state index contributed by atoms with van der Waals surface area (Å²) >= 11 is 0. The van der Waals surface area contributed by atoms with Crippen LogP contribution in [0.4, 0.5) is 18.9 Å². The monoisotopic (exact) mass is 449 g/mol. The number of benzene rings is 2. The van der Waals surface area contributed by atoms with Crippen LogP contribution in [-0.4, -0.2) is 4.98 Å². The third kappa shape index (κ3) is 4.17. The van der Waals surface area contributed by atoms with Crippen LogP contribution in [0.15, 0.2) is 70.0 Å². The first kappa shape index (κ1) is 22.1. The summed E-state index contributed by atoms with van der Waals surface area (Å²) in [4.78, 5) is 17.1. The summed E-state index contributed by atoms with van der Waals surface area (Å²) in [5.41, 5.74) is 0.0248. The minimum absolute atomic E-state index is 0.0554. The van der Waals surface area contributed by atoms with Gasteiger partial charge in [0.2, 0.25) is 0 Å². The Kier molecular flexibility index (Phi) is 5.64. The molecule has 33 heavy (non-hydrogen) atoms. The number of nitrogens with zero attached hydrogens (tertiary/aromatic N) is 2. The Morgan fingerprint density at radius 3 is 2.52 bits per heavy atom. The molecule has 1 unspecified atom stereocenters. The normalized spacial score (nSPS) is 12.4. The molecule has 0 fully saturated rings. The maximum atomic E-state index is 13.7. The molecule has 0 saturated heterocycles. The summed E-state index contributed by atoms with van der Waals surface area (Å²) in [7, 11) is 0. The van der Waals surface area contributed by atoms with Crippen LogP contribution in [0.1, 0.15) is 35.3 Å². The zero-order chi connectivity index (χ0) is 23.8. The standard InChI is InChI=1S/C25H18F3N3O2/c1-14-22(32)19-12-17(25(26,27)28)11-18(15(2)31-20-9-6-10-30-21(20)13-29)24(19)33-23(14)16-7-4-3-5-8-16/h3-12,15,31H,1-2H3. The van der Waals surface area contributed by atoms with Crippen molar-refractivity contribution >= 4 is 16.7 Å². The van der Waals surface area contributed by atoms with E-state index in [0.29, 0.717) is 17.0 Å². The molecule has 5 nitrogen and oxygen atoms in total. The average Bonchev–Trinajstić information content (AvgIpc) is 2.81. The SMILES string of the molecule is Cc1c(-c2ccccc2)oc2c(C(C)Nc3cccnc3C#N)cc(C(F)(F)F)cc2c1=O. The molecule has 0 spiro atoms. The number of halogens is 3. The molecule has 1 N–H and O–H groups in total. The highest BCUT2D eigenvalue weighted by Gasteiger charge is 2.33. The van der Waals surface area contributed by atoms with Crippen LogP contribution in [0.3, 0.4) is 0 Å². The number of hydrogen-bond donors (Lipinski definition) is 1. The van der Waals surface area contributed by atoms with E-state index in [1.54, 1.807) is 43.3 Å². The van der Waals surface area contributed by atoms with Gasteiger partial charge < -0.3 is 9.73 Å². The van der Waals surface area contributed by atoms with Crippen molar-refractivity contribution < 1.29 is 17.6 Å². The zero-order valence-corrected chi connectivity index (χ0v) is 17.7. The topological polar surface area (TPSA) is 78.9 Å². The fourth-order valence-corrected chi connectivity index (χ4v) is 3.69. The van der Waals surface area contributed by atoms with E-state index in [-0.39, 0.29) is 27.8 Å². The number of anilines is 1. The van der Waals surface area contributed by atoms with Gasteiger partial charge in [0, 0.05) is 22.9 Å². The Bertz CT molecular complexity index is 1440. The first-order valence-electron chi connectivity index (χ1n) is 10.1. The van der Waals surface area contributed by atoms with E-state index in [4.69, 9.17) is 4.42 Å². The lowest BCUT2D eigenvalue weighted by atomic mass is 9.98. The van der Waals surface area contributed by atoms with E-state index in [0.717, 1.165) is 12.1 Å². The van der Waals surface area contributed by atoms with E-state index in [9.17, 15) is 23.2 Å². The van der Waals surface area contributed by atoms with Crippen LogP contribution in [0.2, 0.25) is 0 Å². The second kappa shape index (κ2) is 8.43. The second-order valence-corrected chi connectivity index (χ2v) is 7.57. The molecule has 0 saturated carbocycles. The zero-order valence-electron chi connectivity index (χ0n) is 17.7. The molecule has 1 atom stereocenters. The lowest BCUT2D eigenvalue weighted by Crippen LogP contribution is -2.15. The number of rotatable bonds is 4. The molecule has 2 aromatic carbocycles. The number of aromatic nitrogens is 1. The van der Waals surface area contributed by atoms with Crippen LogP contribution in [0.5, 0.6) is 0 Å². The van der Waals surface area contributed by atoms with Crippen molar-refractivity contribution in [2.24, 2.45) is 0 Å². The second-order valence-electron chi connectivity index (χ2n) is 7.57. The maximum Gasteiger partial charge on any atom is 0.416 e. The molecule has 2 heterocycles. The number of fused-ring (bicyclic) bond motifs is 1. The summed E-state index contributed by atoms with van der Waals surface area (Å²) in [6, 6.07) is 15.1. The average molecular weight is 449 g/mol. The Morgan fingerprint density at radius 1 is 1.12 bits per heavy atom. The predicted octanol–water partition coefficient (Wildman–Crippen LogP) is 6.23. The number of nitrogens with one attached hydrogen (secondary N) is 1. The molecule has 0 bridgehead atoms. The van der Waals surface area contributed by atoms with Crippen molar-refractivity contribution in [1.82, 2.24) is 4.98 Å². The maximum absolute atomic E-state index is 13.7. The lowest BCUT2D eigenvalue weighted by Gasteiger charge is -2.20. The van der Waals surface area contributed by atoms with E-state index in [1.807, 2.05) is 12.1 Å². The van der Waals surface area contributed by atoms with Gasteiger partial charge in [0.25, 0.3) is 0 Å². The Morgan fingerprint density at radius 2 is 1.85 bits per heavy atom. The molecule has 0 aliphatic heterocycles. The fraction of sp³-hybridized carbons (Fsp3) is 0.160. The van der Waals surface area contributed by atoms with Crippen molar-refractivity contribution in [3.8, 4) is 17.4 Å². The number of hydrogen-bond acceptors (Lipinski definition) is 5. The molecule has 0 aliphatic carbocycles. The fourth-order valence-electron chi connectivity index (χ4n) is 3.69. The van der Waals surface area contributed by atoms with Gasteiger partial charge in [-0.25, -0.2) is 4.98 Å². The van der Waals surface area contributed by atoms with Crippen LogP contribution in [0.25, 0.3) is 22.3 Å². The van der Waals surface area contributed by atoms with Gasteiger partial charge in [0.05, 0.1) is 22.7 Å². The van der Waals surface area contributed by atoms with E-state index in [1.165, 1.54) is 13.1 Å². The predicted molar refractivity (Wildman–Crippen MR) is 119 cm³/mol. The Hall–Kier alpha value is -4.12. The summed E-state index contributed by atoms with van der Waals surface area (Å²) < 4.78 is 47.1. The van der Waals surface area contributed by atoms with Crippen molar-refractivity contribution in [2.75, 3.05) is 5.32 Å². The van der Waals surface area contributed by atoms with Gasteiger partial charge in [-0.1, -0.05) is 30.3 Å². The van der Waals surface area contributed by atoms with Crippen molar-refractivity contribution in [2.45, 2.75) is 26.1 Å². The van der Waals surface area contributed by atoms with E-state index in [2.05, 4.69) is 10.3 Å². The highest BCUT2D eigenvalue weighted by atomic mass is 19.4. The van der Waals surface area contributed by atoms with Gasteiger partial charge in [-0.2, -0.15) is 18.4 Å². The molecule has 2 aromatic heterocycles. The van der Waals surface area contributed by atoms with Crippen molar-refractivity contribution in [1.29, 1.82) is 5.26 Å². The van der Waals surface area contributed by atoms with Crippen LogP contribution in [-0.2, 0) is 6.18 Å². The molecular formula is C25H18F3N3O2. The van der Waals surface area contributed by atoms with Gasteiger partial charge in [-0.05, 0) is 38.1 Å². The summed E-state index contributed by atoms with van der Waals surface area (Å²) in [5, 5.41) is 12.2. The Labute approximate surface area is 187 Å². The van der Waals surface area contributed by atoms with Gasteiger partial charge in [0.15, 0.2) is 11.1 Å². The summed E-state index contributed by atoms with van der Waals surface area (Å²) in [6.45, 7) is 3.16. The first-order chi connectivity index (χ1) is 15.7. The largest absolute Gasteiger partial charge is 0.455 e. The quantitative estimate of drug-likeness (QED) is 0.400. The lowest BCUT2D eigenvalue weighted by molar-refractivity contribution is -0.137. The molecular weight excluding hydrogens is 431 g/mol. The molecule has 166 valence electrons. The Balaban J connectivity index is 1.97. The van der Waals surface area contributed by atoms with Crippen molar-refractivity contribution in [3.05, 3.63) is 93.4 Å².